The Morgan fingerprint density at radius 1 is 0.357 bits per heavy atom. The predicted octanol–water partition coefficient (Wildman–Crippen LogP) is -4.96. The van der Waals surface area contributed by atoms with E-state index in [0.717, 1.165) is 0 Å². The first-order valence-electron chi connectivity index (χ1n) is 33.4. The maximum absolute atomic E-state index is 13.9. The molecule has 0 saturated carbocycles. The van der Waals surface area contributed by atoms with Gasteiger partial charge in [-0.05, 0) is 77.0 Å². The van der Waals surface area contributed by atoms with E-state index in [1.807, 2.05) is 0 Å². The molecule has 3 fully saturated rings. The third kappa shape index (κ3) is 34.0. The number of alkyl halides is 3. The Hall–Kier alpha value is -5.24. The van der Waals surface area contributed by atoms with Crippen molar-refractivity contribution in [2.75, 3.05) is 138 Å². The summed E-state index contributed by atoms with van der Waals surface area (Å²) in [6, 6.07) is -4.51. The van der Waals surface area contributed by atoms with Crippen LogP contribution in [0, 0.1) is 0 Å². The van der Waals surface area contributed by atoms with E-state index in [4.69, 9.17) is 42.6 Å². The van der Waals surface area contributed by atoms with Gasteiger partial charge in [-0.1, -0.05) is 0 Å². The Bertz CT molecular complexity index is 2070. The van der Waals surface area contributed by atoms with E-state index >= 15 is 0 Å². The molecule has 3 aliphatic rings. The van der Waals surface area contributed by atoms with Crippen LogP contribution in [0.5, 0.6) is 0 Å². The van der Waals surface area contributed by atoms with Gasteiger partial charge in [0.25, 0.3) is 0 Å². The average Bonchev–Trinajstić information content (AvgIpc) is 0.826. The number of hydrogen-bond acceptors (Lipinski definition) is 25. The van der Waals surface area contributed by atoms with Gasteiger partial charge in [0.2, 0.25) is 17.7 Å². The van der Waals surface area contributed by atoms with Gasteiger partial charge in [0.15, 0.2) is 0 Å². The molecular formula is C60H109F3N10O25. The first-order valence-corrected chi connectivity index (χ1v) is 33.4. The van der Waals surface area contributed by atoms with Gasteiger partial charge in [-0.3, -0.25) is 19.2 Å². The molecular weight excluding hydrogens is 1320 g/mol. The third-order valence-electron chi connectivity index (χ3n) is 16.2. The van der Waals surface area contributed by atoms with E-state index in [0.29, 0.717) is 38.5 Å². The fourth-order valence-electron chi connectivity index (χ4n) is 11.3. The van der Waals surface area contributed by atoms with Crippen LogP contribution in [-0.2, 0) is 61.8 Å². The number of aliphatic hydroxyl groups excluding tert-OH is 9. The normalized spacial score (nSPS) is 25.7. The molecule has 3 saturated heterocycles. The van der Waals surface area contributed by atoms with E-state index in [9.17, 15) is 92.7 Å². The van der Waals surface area contributed by atoms with E-state index in [1.54, 1.807) is 0 Å². The van der Waals surface area contributed by atoms with Crippen molar-refractivity contribution in [1.82, 2.24) is 53.2 Å². The molecule has 3 aliphatic heterocycles. The van der Waals surface area contributed by atoms with Crippen molar-refractivity contribution >= 4 is 41.7 Å². The molecule has 98 heavy (non-hydrogen) atoms. The smallest absolute Gasteiger partial charge is 0.394 e. The zero-order valence-corrected chi connectivity index (χ0v) is 56.2. The first-order chi connectivity index (χ1) is 46.8. The number of carbonyl (C=O) groups excluding carboxylic acids is 7. The zero-order valence-electron chi connectivity index (χ0n) is 56.2. The van der Waals surface area contributed by atoms with Gasteiger partial charge in [0, 0.05) is 85.4 Å². The molecule has 0 aromatic heterocycles. The zero-order chi connectivity index (χ0) is 72.5. The molecule has 0 radical (unpaired) electrons. The molecule has 0 unspecified atom stereocenters. The third-order valence-corrected chi connectivity index (χ3v) is 16.2. The number of ether oxygens (including phenoxy) is 9. The van der Waals surface area contributed by atoms with Gasteiger partial charge in [0.1, 0.15) is 54.9 Å². The van der Waals surface area contributed by atoms with Crippen molar-refractivity contribution in [1.29, 1.82) is 0 Å². The summed E-state index contributed by atoms with van der Waals surface area (Å²) in [5.41, 5.74) is -1.54. The summed E-state index contributed by atoms with van der Waals surface area (Å²) in [6.07, 6.45) is -16.3. The minimum absolute atomic E-state index is 0.0322. The number of hydrogen-bond donors (Lipinski definition) is 19. The van der Waals surface area contributed by atoms with Gasteiger partial charge in [-0.2, -0.15) is 13.2 Å². The molecule has 0 bridgehead atoms. The second kappa shape index (κ2) is 48.6. The summed E-state index contributed by atoms with van der Waals surface area (Å²) in [5, 5.41) is 116. The monoisotopic (exact) mass is 1430 g/mol. The number of urea groups is 3. The highest BCUT2D eigenvalue weighted by Gasteiger charge is 2.48. The van der Waals surface area contributed by atoms with Crippen LogP contribution in [0.1, 0.15) is 97.8 Å². The lowest BCUT2D eigenvalue weighted by atomic mass is 9.83. The fourth-order valence-corrected chi connectivity index (χ4v) is 11.3. The number of rotatable bonds is 49. The van der Waals surface area contributed by atoms with Gasteiger partial charge >= 0.3 is 30.2 Å². The van der Waals surface area contributed by atoms with Crippen LogP contribution in [0.3, 0.4) is 0 Å². The second-order valence-corrected chi connectivity index (χ2v) is 24.0. The van der Waals surface area contributed by atoms with Crippen molar-refractivity contribution in [3.8, 4) is 0 Å². The fraction of sp³-hybridized carbons (Fsp3) is 0.883. The average molecular weight is 1430 g/mol. The van der Waals surface area contributed by atoms with Crippen molar-refractivity contribution in [2.45, 2.75) is 201 Å². The van der Waals surface area contributed by atoms with Crippen LogP contribution in [0.15, 0.2) is 0 Å². The Kier molecular flexibility index (Phi) is 43.1. The molecule has 38 heteroatoms. The molecule has 15 atom stereocenters. The summed E-state index contributed by atoms with van der Waals surface area (Å²) in [6.45, 7) is 4.38. The van der Waals surface area contributed by atoms with Crippen molar-refractivity contribution in [3.05, 3.63) is 0 Å². The van der Waals surface area contributed by atoms with Crippen LogP contribution in [0.4, 0.5) is 27.6 Å². The van der Waals surface area contributed by atoms with Crippen LogP contribution < -0.4 is 53.2 Å². The SMILES string of the molecule is CC(=O)N[C@@H]1[C@@H](O)[C@@H](O)[C@@H](CO)O[C@@H]1CCCOCCOCCNC(=O)NCCCC(CCCNC(=O)NCCOCCOCCC[C@H]1O[C@H](CO)[C@H](O)[C@H](O)[C@H]1NC(C)=O)(CCCNC(=O)NCCOCCOCCC[C@H]1O[C@H](CO)[C@H](O)[C@H](O)[C@H]1NC(C)=O)NC(=O)C(F)(F)F. The number of amides is 10. The van der Waals surface area contributed by atoms with E-state index in [2.05, 4.69) is 53.2 Å². The van der Waals surface area contributed by atoms with E-state index in [-0.39, 0.29) is 157 Å². The summed E-state index contributed by atoms with van der Waals surface area (Å²) >= 11 is 0. The highest BCUT2D eigenvalue weighted by atomic mass is 19.4. The lowest BCUT2D eigenvalue weighted by Crippen LogP contribution is -2.63. The van der Waals surface area contributed by atoms with Crippen molar-refractivity contribution in [2.24, 2.45) is 0 Å². The Morgan fingerprint density at radius 3 is 0.857 bits per heavy atom. The molecule has 0 spiro atoms. The predicted molar refractivity (Wildman–Crippen MR) is 338 cm³/mol. The maximum atomic E-state index is 13.9. The van der Waals surface area contributed by atoms with E-state index in [1.165, 1.54) is 20.8 Å². The highest BCUT2D eigenvalue weighted by Crippen LogP contribution is 2.30. The standard InChI is InChI=1S/C60H109F3N10O25/c1-37(77)70-46-40(96-43(34-74)49(80)52(46)83)10-4-22-90-28-31-93-25-19-67-56(87)64-16-7-13-59(73-55(86)60(61,62)63,14-8-17-65-57(88)68-20-26-94-32-29-91-23-5-11-41-47(71-38(2)78)53(84)50(81)44(35-75)97-41)15-9-18-66-58(89)69-21-27-95-33-30-92-24-6-12-42-48(72-39(3)79)54(85)51(82)45(36-76)98-42/h40-54,74-76,80-85H,4-36H2,1-3H3,(H,70,77)(H,71,78)(H,72,79)(H,73,86)(H2,64,67,87)(H2,65,68,88)(H2,66,69,89)/t40-,41-,42-,43-,44-,45-,46+,47+,48+,49+,50+,51+,52-,53-,54-/m1/s1. The number of carbonyl (C=O) groups is 7. The summed E-state index contributed by atoms with van der Waals surface area (Å²) in [4.78, 5) is 85.9. The summed E-state index contributed by atoms with van der Waals surface area (Å²) < 4.78 is 92.3. The Labute approximate surface area is 568 Å². The molecule has 10 amide bonds. The number of nitrogens with one attached hydrogen (secondary N) is 10. The Morgan fingerprint density at radius 2 is 0.612 bits per heavy atom. The topological polar surface area (TPSA) is 505 Å². The van der Waals surface area contributed by atoms with Gasteiger partial charge < -0.3 is 142 Å². The molecule has 0 aromatic rings. The lowest BCUT2D eigenvalue weighted by molar-refractivity contribution is -0.197. The van der Waals surface area contributed by atoms with Crippen molar-refractivity contribution < 1.29 is 135 Å². The second-order valence-electron chi connectivity index (χ2n) is 24.0. The Balaban J connectivity index is 1.44. The van der Waals surface area contributed by atoms with Gasteiger partial charge in [0.05, 0.1) is 116 Å². The first kappa shape index (κ1) is 87.0. The molecule has 0 aliphatic carbocycles. The number of aliphatic hydroxyl groups is 9. The number of halogens is 3. The molecule has 35 nitrogen and oxygen atoms in total. The van der Waals surface area contributed by atoms with Crippen LogP contribution in [0.25, 0.3) is 0 Å². The minimum Gasteiger partial charge on any atom is -0.394 e. The van der Waals surface area contributed by atoms with Crippen LogP contribution in [0.2, 0.25) is 0 Å². The van der Waals surface area contributed by atoms with E-state index < -0.39 is 165 Å². The summed E-state index contributed by atoms with van der Waals surface area (Å²) in [5.74, 6) is -3.50. The minimum atomic E-state index is -5.28. The summed E-state index contributed by atoms with van der Waals surface area (Å²) in [7, 11) is 0. The molecule has 3 heterocycles. The largest absolute Gasteiger partial charge is 0.471 e. The maximum Gasteiger partial charge on any atom is 0.471 e. The molecule has 0 aromatic carbocycles. The van der Waals surface area contributed by atoms with Crippen LogP contribution in [-0.4, -0.2) is 329 Å². The highest BCUT2D eigenvalue weighted by molar-refractivity contribution is 5.82. The van der Waals surface area contributed by atoms with Gasteiger partial charge in [-0.15, -0.1) is 0 Å². The van der Waals surface area contributed by atoms with Gasteiger partial charge in [-0.25, -0.2) is 14.4 Å². The quantitative estimate of drug-likeness (QED) is 0.0254. The van der Waals surface area contributed by atoms with Crippen LogP contribution >= 0.6 is 0 Å². The van der Waals surface area contributed by atoms with Crippen molar-refractivity contribution in [3.63, 3.8) is 0 Å². The molecule has 3 rings (SSSR count). The molecule has 570 valence electrons. The lowest BCUT2D eigenvalue weighted by Gasteiger charge is -2.42. The molecule has 19 N–H and O–H groups in total.